The van der Waals surface area contributed by atoms with Gasteiger partial charge in [0.2, 0.25) is 0 Å². The van der Waals surface area contributed by atoms with Crippen molar-refractivity contribution in [1.82, 2.24) is 0 Å². The molecule has 0 radical (unpaired) electrons. The van der Waals surface area contributed by atoms with Gasteiger partial charge in [0.05, 0.1) is 7.11 Å². The maximum Gasteiger partial charge on any atom is 0.121 e. The van der Waals surface area contributed by atoms with E-state index in [1.54, 1.807) is 13.2 Å². The van der Waals surface area contributed by atoms with Crippen molar-refractivity contribution in [3.63, 3.8) is 0 Å². The number of anilines is 1. The minimum atomic E-state index is -0.808. The van der Waals surface area contributed by atoms with Gasteiger partial charge in [0.25, 0.3) is 0 Å². The van der Waals surface area contributed by atoms with Gasteiger partial charge in [-0.15, -0.1) is 0 Å². The molecule has 3 atom stereocenters. The molecule has 0 bridgehead atoms. The lowest BCUT2D eigenvalue weighted by Crippen LogP contribution is -2.24. The summed E-state index contributed by atoms with van der Waals surface area (Å²) in [4.78, 5) is 0. The molecule has 3 unspecified atom stereocenters. The second-order valence-corrected chi connectivity index (χ2v) is 7.25. The molecule has 1 aromatic rings. The van der Waals surface area contributed by atoms with Gasteiger partial charge < -0.3 is 10.5 Å². The van der Waals surface area contributed by atoms with Crippen LogP contribution in [0.15, 0.2) is 18.2 Å². The Morgan fingerprint density at radius 1 is 1.37 bits per heavy atom. The van der Waals surface area contributed by atoms with Crippen LogP contribution < -0.4 is 10.5 Å². The minimum absolute atomic E-state index is 0.344. The lowest BCUT2D eigenvalue weighted by atomic mass is 9.91. The molecule has 4 heteroatoms. The quantitative estimate of drug-likeness (QED) is 0.863. The van der Waals surface area contributed by atoms with Crippen molar-refractivity contribution in [3.8, 4) is 5.75 Å². The van der Waals surface area contributed by atoms with Gasteiger partial charge in [-0.1, -0.05) is 19.8 Å². The third kappa shape index (κ3) is 3.96. The zero-order valence-corrected chi connectivity index (χ0v) is 12.5. The van der Waals surface area contributed by atoms with Gasteiger partial charge >= 0.3 is 0 Å². The molecule has 1 aliphatic carbocycles. The van der Waals surface area contributed by atoms with Gasteiger partial charge in [-0.3, -0.25) is 4.21 Å². The molecular formula is C15H23NO2S. The third-order valence-corrected chi connectivity index (χ3v) is 5.58. The Labute approximate surface area is 118 Å². The van der Waals surface area contributed by atoms with Crippen molar-refractivity contribution in [3.05, 3.63) is 23.8 Å². The normalized spacial score (nSPS) is 24.9. The highest BCUT2D eigenvalue weighted by Gasteiger charge is 2.24. The van der Waals surface area contributed by atoms with E-state index in [9.17, 15) is 4.21 Å². The van der Waals surface area contributed by atoms with E-state index < -0.39 is 10.8 Å². The molecule has 1 fully saturated rings. The molecule has 1 aromatic carbocycles. The van der Waals surface area contributed by atoms with Crippen molar-refractivity contribution in [1.29, 1.82) is 0 Å². The molecule has 3 nitrogen and oxygen atoms in total. The first kappa shape index (κ1) is 14.4. The van der Waals surface area contributed by atoms with E-state index in [2.05, 4.69) is 6.92 Å². The Morgan fingerprint density at radius 3 is 2.84 bits per heavy atom. The maximum atomic E-state index is 12.5. The monoisotopic (exact) mass is 281 g/mol. The van der Waals surface area contributed by atoms with Crippen LogP contribution in [0.25, 0.3) is 0 Å². The van der Waals surface area contributed by atoms with Crippen LogP contribution in [0.2, 0.25) is 0 Å². The van der Waals surface area contributed by atoms with Crippen molar-refractivity contribution in [2.75, 3.05) is 12.8 Å². The van der Waals surface area contributed by atoms with E-state index in [0.29, 0.717) is 22.6 Å². The Kier molecular flexibility index (Phi) is 4.86. The summed E-state index contributed by atoms with van der Waals surface area (Å²) in [5.74, 6) is 2.03. The summed E-state index contributed by atoms with van der Waals surface area (Å²) >= 11 is 0. The molecule has 0 heterocycles. The lowest BCUT2D eigenvalue weighted by Gasteiger charge is -2.26. The fraction of sp³-hybridized carbons (Fsp3) is 0.600. The van der Waals surface area contributed by atoms with Gasteiger partial charge in [-0.05, 0) is 36.5 Å². The Morgan fingerprint density at radius 2 is 2.16 bits per heavy atom. The minimum Gasteiger partial charge on any atom is -0.497 e. The van der Waals surface area contributed by atoms with Crippen LogP contribution in [0.5, 0.6) is 5.75 Å². The summed E-state index contributed by atoms with van der Waals surface area (Å²) in [6.45, 7) is 2.26. The zero-order chi connectivity index (χ0) is 13.8. The number of nitrogen functional groups attached to an aromatic ring is 1. The number of nitrogens with two attached hydrogens (primary N) is 1. The van der Waals surface area contributed by atoms with Crippen molar-refractivity contribution >= 4 is 16.5 Å². The Balaban J connectivity index is 2.03. The molecule has 0 aliphatic heterocycles. The summed E-state index contributed by atoms with van der Waals surface area (Å²) in [6, 6.07) is 5.61. The van der Waals surface area contributed by atoms with E-state index in [-0.39, 0.29) is 0 Å². The second-order valence-electron chi connectivity index (χ2n) is 5.53. The summed E-state index contributed by atoms with van der Waals surface area (Å²) in [5, 5.41) is 0.344. The zero-order valence-electron chi connectivity index (χ0n) is 11.7. The van der Waals surface area contributed by atoms with Crippen LogP contribution >= 0.6 is 0 Å². The number of rotatable bonds is 4. The first-order valence-electron chi connectivity index (χ1n) is 6.89. The molecular weight excluding hydrogens is 258 g/mol. The Hall–Kier alpha value is -1.03. The fourth-order valence-electron chi connectivity index (χ4n) is 2.79. The highest BCUT2D eigenvalue weighted by molar-refractivity contribution is 7.84. The predicted octanol–water partition coefficient (Wildman–Crippen LogP) is 3.10. The van der Waals surface area contributed by atoms with Crippen LogP contribution in [0.4, 0.5) is 5.69 Å². The number of hydrogen-bond donors (Lipinski definition) is 1. The van der Waals surface area contributed by atoms with Gasteiger partial charge in [0.1, 0.15) is 5.75 Å². The molecule has 0 amide bonds. The van der Waals surface area contributed by atoms with Gasteiger partial charge in [-0.25, -0.2) is 0 Å². The first-order chi connectivity index (χ1) is 9.08. The van der Waals surface area contributed by atoms with Crippen LogP contribution in [0.3, 0.4) is 0 Å². The molecule has 19 heavy (non-hydrogen) atoms. The van der Waals surface area contributed by atoms with Crippen LogP contribution in [0, 0.1) is 5.92 Å². The smallest absolute Gasteiger partial charge is 0.121 e. The SMILES string of the molecule is COc1cc(N)cc(CS(=O)C2CCCC(C)C2)c1. The molecule has 1 aliphatic rings. The summed E-state index contributed by atoms with van der Waals surface area (Å²) in [6.07, 6.45) is 4.67. The summed E-state index contributed by atoms with van der Waals surface area (Å²) in [7, 11) is 0.816. The maximum absolute atomic E-state index is 12.5. The van der Waals surface area contributed by atoms with Crippen LogP contribution in [-0.4, -0.2) is 16.6 Å². The second kappa shape index (κ2) is 6.42. The molecule has 106 valence electrons. The summed E-state index contributed by atoms with van der Waals surface area (Å²) in [5.41, 5.74) is 7.51. The topological polar surface area (TPSA) is 52.3 Å². The molecule has 0 aromatic heterocycles. The van der Waals surface area contributed by atoms with Crippen molar-refractivity contribution in [2.45, 2.75) is 43.6 Å². The average molecular weight is 281 g/mol. The van der Waals surface area contributed by atoms with Crippen LogP contribution in [0.1, 0.15) is 38.2 Å². The van der Waals surface area contributed by atoms with Crippen molar-refractivity contribution in [2.24, 2.45) is 5.92 Å². The van der Waals surface area contributed by atoms with Gasteiger partial charge in [0.15, 0.2) is 0 Å². The first-order valence-corrected chi connectivity index (χ1v) is 8.27. The highest BCUT2D eigenvalue weighted by Crippen LogP contribution is 2.29. The highest BCUT2D eigenvalue weighted by atomic mass is 32.2. The number of benzene rings is 1. The summed E-state index contributed by atoms with van der Waals surface area (Å²) < 4.78 is 17.7. The predicted molar refractivity (Wildman–Crippen MR) is 80.7 cm³/mol. The molecule has 0 saturated heterocycles. The van der Waals surface area contributed by atoms with E-state index in [0.717, 1.165) is 24.2 Å². The Bertz CT molecular complexity index is 461. The number of methoxy groups -OCH3 is 1. The fourth-order valence-corrected chi connectivity index (χ4v) is 4.49. The molecule has 2 N–H and O–H groups in total. The third-order valence-electron chi connectivity index (χ3n) is 3.79. The number of hydrogen-bond acceptors (Lipinski definition) is 3. The molecule has 2 rings (SSSR count). The van der Waals surface area contributed by atoms with Crippen molar-refractivity contribution < 1.29 is 8.95 Å². The van der Waals surface area contributed by atoms with Gasteiger partial charge in [0, 0.05) is 33.6 Å². The largest absolute Gasteiger partial charge is 0.497 e. The van der Waals surface area contributed by atoms with Gasteiger partial charge in [-0.2, -0.15) is 0 Å². The van der Waals surface area contributed by atoms with E-state index in [1.807, 2.05) is 12.1 Å². The van der Waals surface area contributed by atoms with E-state index in [1.165, 1.54) is 12.8 Å². The van der Waals surface area contributed by atoms with Crippen LogP contribution in [-0.2, 0) is 16.6 Å². The molecule has 0 spiro atoms. The van der Waals surface area contributed by atoms with E-state index in [4.69, 9.17) is 10.5 Å². The number of ether oxygens (including phenoxy) is 1. The standard InChI is InChI=1S/C15H23NO2S/c1-11-4-3-5-15(6-11)19(17)10-12-7-13(16)9-14(8-12)18-2/h7-9,11,15H,3-6,10,16H2,1-2H3. The average Bonchev–Trinajstić information content (AvgIpc) is 2.38. The van der Waals surface area contributed by atoms with E-state index >= 15 is 0 Å². The lowest BCUT2D eigenvalue weighted by molar-refractivity contribution is 0.389. The molecule has 1 saturated carbocycles.